The van der Waals surface area contributed by atoms with Crippen LogP contribution in [-0.4, -0.2) is 19.3 Å². The van der Waals surface area contributed by atoms with E-state index in [1.165, 1.54) is 0 Å². The summed E-state index contributed by atoms with van der Waals surface area (Å²) in [5.41, 5.74) is 4.21. The SMILES string of the molecule is C[Si](C)(C)C#CC(O)/C(Br)=C/c1ccccc1. The first kappa shape index (κ1) is 14.2. The first-order valence-electron chi connectivity index (χ1n) is 5.51. The van der Waals surface area contributed by atoms with Crippen molar-refractivity contribution in [2.75, 3.05) is 0 Å². The Morgan fingerprint density at radius 2 is 1.88 bits per heavy atom. The second-order valence-electron chi connectivity index (χ2n) is 4.86. The fraction of sp³-hybridized carbons (Fsp3) is 0.286. The molecule has 1 N–H and O–H groups in total. The van der Waals surface area contributed by atoms with Gasteiger partial charge in [-0.1, -0.05) is 71.8 Å². The Morgan fingerprint density at radius 3 is 2.41 bits per heavy atom. The van der Waals surface area contributed by atoms with E-state index in [-0.39, 0.29) is 0 Å². The van der Waals surface area contributed by atoms with Crippen molar-refractivity contribution in [1.29, 1.82) is 0 Å². The Balaban J connectivity index is 2.79. The van der Waals surface area contributed by atoms with Crippen molar-refractivity contribution in [2.45, 2.75) is 25.7 Å². The van der Waals surface area contributed by atoms with E-state index in [9.17, 15) is 5.11 Å². The Bertz CT molecular complexity index is 449. The van der Waals surface area contributed by atoms with Crippen LogP contribution in [0.3, 0.4) is 0 Å². The molecule has 0 saturated carbocycles. The van der Waals surface area contributed by atoms with Gasteiger partial charge < -0.3 is 5.11 Å². The zero-order valence-corrected chi connectivity index (χ0v) is 13.0. The highest BCUT2D eigenvalue weighted by atomic mass is 79.9. The molecule has 0 bridgehead atoms. The average molecular weight is 309 g/mol. The second-order valence-corrected chi connectivity index (χ2v) is 10.5. The summed E-state index contributed by atoms with van der Waals surface area (Å²) >= 11 is 3.37. The average Bonchev–Trinajstić information content (AvgIpc) is 2.26. The highest BCUT2D eigenvalue weighted by molar-refractivity contribution is 9.11. The molecule has 0 aromatic heterocycles. The lowest BCUT2D eigenvalue weighted by Crippen LogP contribution is -2.17. The number of benzene rings is 1. The number of hydrogen-bond donors (Lipinski definition) is 1. The van der Waals surface area contributed by atoms with E-state index in [1.54, 1.807) is 0 Å². The van der Waals surface area contributed by atoms with E-state index >= 15 is 0 Å². The molecule has 1 rings (SSSR count). The van der Waals surface area contributed by atoms with Crippen molar-refractivity contribution in [1.82, 2.24) is 0 Å². The van der Waals surface area contributed by atoms with Gasteiger partial charge in [-0.3, -0.25) is 0 Å². The molecule has 90 valence electrons. The van der Waals surface area contributed by atoms with Crippen molar-refractivity contribution in [3.05, 3.63) is 40.4 Å². The van der Waals surface area contributed by atoms with Gasteiger partial charge in [-0.25, -0.2) is 0 Å². The maximum atomic E-state index is 9.88. The van der Waals surface area contributed by atoms with Crippen LogP contribution in [0.2, 0.25) is 19.6 Å². The van der Waals surface area contributed by atoms with Gasteiger partial charge in [0.1, 0.15) is 14.2 Å². The minimum atomic E-state index is -1.43. The highest BCUT2D eigenvalue weighted by Gasteiger charge is 2.10. The van der Waals surface area contributed by atoms with Gasteiger partial charge in [0, 0.05) is 4.48 Å². The van der Waals surface area contributed by atoms with Gasteiger partial charge in [0.25, 0.3) is 0 Å². The summed E-state index contributed by atoms with van der Waals surface area (Å²) in [6.07, 6.45) is 1.16. The summed E-state index contributed by atoms with van der Waals surface area (Å²) in [6.45, 7) is 6.46. The summed E-state index contributed by atoms with van der Waals surface area (Å²) in [6, 6.07) is 9.87. The first-order chi connectivity index (χ1) is 7.88. The first-order valence-corrected chi connectivity index (χ1v) is 9.81. The summed E-state index contributed by atoms with van der Waals surface area (Å²) in [7, 11) is -1.43. The predicted molar refractivity (Wildman–Crippen MR) is 80.5 cm³/mol. The Kier molecular flexibility index (Phi) is 5.19. The van der Waals surface area contributed by atoms with Crippen LogP contribution in [0, 0.1) is 11.5 Å². The standard InChI is InChI=1S/C14H17BrOSi/c1-17(2,3)10-9-14(16)13(15)11-12-7-5-4-6-8-12/h4-8,11,14,16H,1-3H3/b13-11-. The van der Waals surface area contributed by atoms with Crippen LogP contribution in [0.15, 0.2) is 34.8 Å². The molecule has 0 fully saturated rings. The van der Waals surface area contributed by atoms with E-state index < -0.39 is 14.2 Å². The lowest BCUT2D eigenvalue weighted by Gasteiger charge is -2.06. The van der Waals surface area contributed by atoms with Gasteiger partial charge in [-0.15, -0.1) is 5.54 Å². The molecular formula is C14H17BrOSi. The van der Waals surface area contributed by atoms with Gasteiger partial charge in [0.05, 0.1) is 0 Å². The van der Waals surface area contributed by atoms with Crippen LogP contribution >= 0.6 is 15.9 Å². The maximum Gasteiger partial charge on any atom is 0.146 e. The Labute approximate surface area is 113 Å². The molecule has 17 heavy (non-hydrogen) atoms. The van der Waals surface area contributed by atoms with Crippen molar-refractivity contribution in [3.63, 3.8) is 0 Å². The topological polar surface area (TPSA) is 20.2 Å². The highest BCUT2D eigenvalue weighted by Crippen LogP contribution is 2.16. The number of aliphatic hydroxyl groups excluding tert-OH is 1. The molecule has 0 aliphatic heterocycles. The molecule has 0 aliphatic carbocycles. The normalized spacial score (nSPS) is 13.8. The summed E-state index contributed by atoms with van der Waals surface area (Å²) < 4.78 is 0.703. The Morgan fingerprint density at radius 1 is 1.29 bits per heavy atom. The van der Waals surface area contributed by atoms with Crippen molar-refractivity contribution in [2.24, 2.45) is 0 Å². The summed E-state index contributed by atoms with van der Waals surface area (Å²) in [5.74, 6) is 2.89. The minimum absolute atomic E-state index is 0.703. The van der Waals surface area contributed by atoms with Crippen LogP contribution < -0.4 is 0 Å². The number of rotatable bonds is 2. The molecule has 1 aromatic carbocycles. The third kappa shape index (κ3) is 5.88. The van der Waals surface area contributed by atoms with Gasteiger partial charge in [-0.05, 0) is 11.6 Å². The largest absolute Gasteiger partial charge is 0.376 e. The van der Waals surface area contributed by atoms with Crippen molar-refractivity contribution in [3.8, 4) is 11.5 Å². The number of aliphatic hydroxyl groups is 1. The fourth-order valence-electron chi connectivity index (χ4n) is 1.14. The van der Waals surface area contributed by atoms with E-state index in [2.05, 4.69) is 47.0 Å². The monoisotopic (exact) mass is 308 g/mol. The zero-order valence-electron chi connectivity index (χ0n) is 10.4. The van der Waals surface area contributed by atoms with E-state index in [4.69, 9.17) is 0 Å². The molecule has 1 aromatic rings. The van der Waals surface area contributed by atoms with E-state index in [1.807, 2.05) is 36.4 Å². The van der Waals surface area contributed by atoms with Gasteiger partial charge >= 0.3 is 0 Å². The zero-order chi connectivity index (χ0) is 12.9. The van der Waals surface area contributed by atoms with Crippen LogP contribution in [-0.2, 0) is 0 Å². The molecule has 1 nitrogen and oxygen atoms in total. The van der Waals surface area contributed by atoms with Crippen LogP contribution in [0.4, 0.5) is 0 Å². The van der Waals surface area contributed by atoms with Crippen LogP contribution in [0.1, 0.15) is 5.56 Å². The van der Waals surface area contributed by atoms with E-state index in [0.717, 1.165) is 5.56 Å². The quantitative estimate of drug-likeness (QED) is 0.653. The summed E-state index contributed by atoms with van der Waals surface area (Å²) in [4.78, 5) is 0. The smallest absolute Gasteiger partial charge is 0.146 e. The fourth-order valence-corrected chi connectivity index (χ4v) is 2.09. The Hall–Kier alpha value is -0.823. The minimum Gasteiger partial charge on any atom is -0.376 e. The second kappa shape index (κ2) is 6.20. The summed E-state index contributed by atoms with van der Waals surface area (Å²) in [5, 5.41) is 9.88. The third-order valence-electron chi connectivity index (χ3n) is 1.95. The molecule has 0 amide bonds. The molecule has 0 aliphatic rings. The lowest BCUT2D eigenvalue weighted by atomic mass is 10.2. The van der Waals surface area contributed by atoms with Gasteiger partial charge in [0.15, 0.2) is 0 Å². The van der Waals surface area contributed by atoms with E-state index in [0.29, 0.717) is 4.48 Å². The van der Waals surface area contributed by atoms with Crippen LogP contribution in [0.5, 0.6) is 0 Å². The van der Waals surface area contributed by atoms with Crippen LogP contribution in [0.25, 0.3) is 6.08 Å². The number of hydrogen-bond acceptors (Lipinski definition) is 1. The molecule has 0 saturated heterocycles. The molecule has 3 heteroatoms. The third-order valence-corrected chi connectivity index (χ3v) is 3.51. The van der Waals surface area contributed by atoms with Gasteiger partial charge in [-0.2, -0.15) is 0 Å². The molecule has 1 atom stereocenters. The molecular weight excluding hydrogens is 292 g/mol. The van der Waals surface area contributed by atoms with Crippen molar-refractivity contribution >= 4 is 30.1 Å². The lowest BCUT2D eigenvalue weighted by molar-refractivity contribution is 0.279. The number of halogens is 1. The maximum absolute atomic E-state index is 9.88. The van der Waals surface area contributed by atoms with Crippen molar-refractivity contribution < 1.29 is 5.11 Å². The molecule has 0 spiro atoms. The molecule has 1 unspecified atom stereocenters. The predicted octanol–water partition coefficient (Wildman–Crippen LogP) is 3.66. The van der Waals surface area contributed by atoms with Gasteiger partial charge in [0.2, 0.25) is 0 Å². The molecule has 0 radical (unpaired) electrons. The molecule has 0 heterocycles.